The van der Waals surface area contributed by atoms with Gasteiger partial charge >= 0.3 is 0 Å². The number of aryl methyl sites for hydroxylation is 1. The van der Waals surface area contributed by atoms with Crippen molar-refractivity contribution in [2.75, 3.05) is 24.3 Å². The van der Waals surface area contributed by atoms with Crippen LogP contribution in [0.15, 0.2) is 36.4 Å². The second-order valence-electron chi connectivity index (χ2n) is 4.78. The average molecular weight is 271 g/mol. The monoisotopic (exact) mass is 271 g/mol. The molecule has 106 valence electrons. The first-order valence-corrected chi connectivity index (χ1v) is 6.76. The summed E-state index contributed by atoms with van der Waals surface area (Å²) in [5.41, 5.74) is 9.69. The zero-order valence-electron chi connectivity index (χ0n) is 12.3. The summed E-state index contributed by atoms with van der Waals surface area (Å²) in [7, 11) is 2.03. The molecule has 0 aliphatic rings. The Morgan fingerprint density at radius 1 is 1.25 bits per heavy atom. The lowest BCUT2D eigenvalue weighted by atomic mass is 10.2. The van der Waals surface area contributed by atoms with E-state index in [1.54, 1.807) is 0 Å². The van der Waals surface area contributed by atoms with Gasteiger partial charge in [0.15, 0.2) is 0 Å². The van der Waals surface area contributed by atoms with Gasteiger partial charge in [0.05, 0.1) is 24.5 Å². The molecule has 0 spiro atoms. The van der Waals surface area contributed by atoms with Crippen molar-refractivity contribution in [1.82, 2.24) is 4.98 Å². The number of benzene rings is 1. The number of anilines is 2. The van der Waals surface area contributed by atoms with Crippen molar-refractivity contribution < 1.29 is 4.74 Å². The van der Waals surface area contributed by atoms with Gasteiger partial charge in [0.2, 0.25) is 0 Å². The van der Waals surface area contributed by atoms with Gasteiger partial charge in [0, 0.05) is 24.5 Å². The number of nitrogens with zero attached hydrogens (tertiary/aromatic N) is 2. The van der Waals surface area contributed by atoms with E-state index in [1.165, 1.54) is 0 Å². The van der Waals surface area contributed by atoms with E-state index in [0.29, 0.717) is 12.3 Å². The molecule has 0 unspecified atom stereocenters. The van der Waals surface area contributed by atoms with Crippen molar-refractivity contribution in [3.63, 3.8) is 0 Å². The second kappa shape index (κ2) is 6.28. The maximum atomic E-state index is 5.89. The van der Waals surface area contributed by atoms with E-state index in [1.807, 2.05) is 57.3 Å². The van der Waals surface area contributed by atoms with Crippen molar-refractivity contribution in [3.05, 3.63) is 47.8 Å². The lowest BCUT2D eigenvalue weighted by molar-refractivity contribution is 0.342. The molecule has 2 rings (SSSR count). The van der Waals surface area contributed by atoms with E-state index < -0.39 is 0 Å². The highest BCUT2D eigenvalue weighted by atomic mass is 16.5. The molecule has 0 fully saturated rings. The predicted octanol–water partition coefficient (Wildman–Crippen LogP) is 3.01. The highest BCUT2D eigenvalue weighted by Crippen LogP contribution is 2.27. The molecule has 0 radical (unpaired) electrons. The molecular weight excluding hydrogens is 250 g/mol. The van der Waals surface area contributed by atoms with Crippen LogP contribution in [0.4, 0.5) is 11.4 Å². The summed E-state index contributed by atoms with van der Waals surface area (Å²) in [6.07, 6.45) is 0. The third-order valence-electron chi connectivity index (χ3n) is 3.08. The minimum Gasteiger partial charge on any atom is -0.492 e. The predicted molar refractivity (Wildman–Crippen MR) is 83.1 cm³/mol. The normalized spacial score (nSPS) is 10.3. The van der Waals surface area contributed by atoms with E-state index in [9.17, 15) is 0 Å². The minimum absolute atomic E-state index is 0.608. The number of nitrogens with two attached hydrogens (primary N) is 1. The number of aromatic nitrogens is 1. The lowest BCUT2D eigenvalue weighted by Gasteiger charge is -2.20. The summed E-state index contributed by atoms with van der Waals surface area (Å²) < 4.78 is 5.53. The van der Waals surface area contributed by atoms with Crippen LogP contribution in [0, 0.1) is 6.92 Å². The van der Waals surface area contributed by atoms with Crippen LogP contribution in [0.2, 0.25) is 0 Å². The Kier molecular flexibility index (Phi) is 4.45. The van der Waals surface area contributed by atoms with E-state index in [0.717, 1.165) is 29.4 Å². The van der Waals surface area contributed by atoms with Gasteiger partial charge in [-0.05, 0) is 38.1 Å². The largest absolute Gasteiger partial charge is 0.492 e. The molecule has 1 heterocycles. The third-order valence-corrected chi connectivity index (χ3v) is 3.08. The molecule has 0 saturated carbocycles. The summed E-state index contributed by atoms with van der Waals surface area (Å²) in [5.74, 6) is 0.731. The number of rotatable bonds is 5. The van der Waals surface area contributed by atoms with Gasteiger partial charge in [-0.25, -0.2) is 0 Å². The van der Waals surface area contributed by atoms with E-state index in [2.05, 4.69) is 9.88 Å². The molecule has 1 aromatic carbocycles. The molecular formula is C16H21N3O. The van der Waals surface area contributed by atoms with Gasteiger partial charge in [0.25, 0.3) is 0 Å². The molecule has 0 amide bonds. The molecule has 4 nitrogen and oxygen atoms in total. The van der Waals surface area contributed by atoms with Crippen LogP contribution in [0.1, 0.15) is 18.3 Å². The van der Waals surface area contributed by atoms with Crippen LogP contribution in [0.3, 0.4) is 0 Å². The fourth-order valence-electron chi connectivity index (χ4n) is 2.06. The van der Waals surface area contributed by atoms with Gasteiger partial charge in [-0.15, -0.1) is 0 Å². The summed E-state index contributed by atoms with van der Waals surface area (Å²) >= 11 is 0. The summed E-state index contributed by atoms with van der Waals surface area (Å²) in [6.45, 7) is 5.31. The topological polar surface area (TPSA) is 51.4 Å². The zero-order valence-corrected chi connectivity index (χ0v) is 12.3. The molecule has 20 heavy (non-hydrogen) atoms. The van der Waals surface area contributed by atoms with Gasteiger partial charge in [0.1, 0.15) is 5.75 Å². The fourth-order valence-corrected chi connectivity index (χ4v) is 2.06. The number of ether oxygens (including phenoxy) is 1. The third kappa shape index (κ3) is 3.41. The standard InChI is InChI=1S/C16H21N3O/c1-4-20-16-10-14(8-9-15(16)17)19(3)11-13-7-5-6-12(2)18-13/h5-10H,4,11,17H2,1-3H3. The van der Waals surface area contributed by atoms with Crippen molar-refractivity contribution in [1.29, 1.82) is 0 Å². The van der Waals surface area contributed by atoms with E-state index in [-0.39, 0.29) is 0 Å². The van der Waals surface area contributed by atoms with Crippen LogP contribution in [-0.2, 0) is 6.54 Å². The molecule has 0 saturated heterocycles. The van der Waals surface area contributed by atoms with Crippen LogP contribution < -0.4 is 15.4 Å². The van der Waals surface area contributed by atoms with Gasteiger partial charge in [-0.1, -0.05) is 6.07 Å². The fraction of sp³-hybridized carbons (Fsp3) is 0.312. The van der Waals surface area contributed by atoms with Crippen molar-refractivity contribution in [3.8, 4) is 5.75 Å². The molecule has 0 atom stereocenters. The highest BCUT2D eigenvalue weighted by molar-refractivity contribution is 5.62. The second-order valence-corrected chi connectivity index (χ2v) is 4.78. The average Bonchev–Trinajstić information content (AvgIpc) is 2.41. The van der Waals surface area contributed by atoms with Crippen LogP contribution in [0.25, 0.3) is 0 Å². The number of hydrogen-bond donors (Lipinski definition) is 1. The molecule has 0 aliphatic heterocycles. The first-order chi connectivity index (χ1) is 9.60. The molecule has 1 aromatic heterocycles. The maximum absolute atomic E-state index is 5.89. The number of nitrogen functional groups attached to an aromatic ring is 1. The Labute approximate surface area is 120 Å². The van der Waals surface area contributed by atoms with Crippen molar-refractivity contribution >= 4 is 11.4 Å². The Balaban J connectivity index is 2.16. The van der Waals surface area contributed by atoms with Crippen LogP contribution in [0.5, 0.6) is 5.75 Å². The van der Waals surface area contributed by atoms with Gasteiger partial charge in [-0.2, -0.15) is 0 Å². The van der Waals surface area contributed by atoms with E-state index in [4.69, 9.17) is 10.5 Å². The Bertz CT molecular complexity index is 584. The summed E-state index contributed by atoms with van der Waals surface area (Å²) in [5, 5.41) is 0. The Morgan fingerprint density at radius 3 is 2.75 bits per heavy atom. The smallest absolute Gasteiger partial charge is 0.144 e. The molecule has 2 N–H and O–H groups in total. The van der Waals surface area contributed by atoms with Crippen molar-refractivity contribution in [2.24, 2.45) is 0 Å². The minimum atomic E-state index is 0.608. The zero-order chi connectivity index (χ0) is 14.5. The van der Waals surface area contributed by atoms with Gasteiger partial charge in [-0.3, -0.25) is 4.98 Å². The summed E-state index contributed by atoms with van der Waals surface area (Å²) in [6, 6.07) is 11.9. The first kappa shape index (κ1) is 14.2. The first-order valence-electron chi connectivity index (χ1n) is 6.76. The van der Waals surface area contributed by atoms with Gasteiger partial charge < -0.3 is 15.4 Å². The SMILES string of the molecule is CCOc1cc(N(C)Cc2cccc(C)n2)ccc1N. The molecule has 2 aromatic rings. The lowest BCUT2D eigenvalue weighted by Crippen LogP contribution is -2.17. The quantitative estimate of drug-likeness (QED) is 0.849. The Morgan fingerprint density at radius 2 is 2.05 bits per heavy atom. The maximum Gasteiger partial charge on any atom is 0.144 e. The van der Waals surface area contributed by atoms with Crippen LogP contribution >= 0.6 is 0 Å². The Hall–Kier alpha value is -2.23. The molecule has 4 heteroatoms. The molecule has 0 aliphatic carbocycles. The van der Waals surface area contributed by atoms with Crippen LogP contribution in [-0.4, -0.2) is 18.6 Å². The van der Waals surface area contributed by atoms with Crippen molar-refractivity contribution in [2.45, 2.75) is 20.4 Å². The van der Waals surface area contributed by atoms with E-state index >= 15 is 0 Å². The highest BCUT2D eigenvalue weighted by Gasteiger charge is 2.07. The molecule has 0 bridgehead atoms. The number of pyridine rings is 1. The number of hydrogen-bond acceptors (Lipinski definition) is 4. The summed E-state index contributed by atoms with van der Waals surface area (Å²) in [4.78, 5) is 6.65.